The van der Waals surface area contributed by atoms with Crippen LogP contribution in [0.2, 0.25) is 0 Å². The number of benzene rings is 2. The molecule has 0 bridgehead atoms. The van der Waals surface area contributed by atoms with E-state index in [4.69, 9.17) is 0 Å². The molecule has 1 heterocycles. The molecule has 2 aromatic carbocycles. The Balaban J connectivity index is 1.46. The highest BCUT2D eigenvalue weighted by molar-refractivity contribution is 5.90. The van der Waals surface area contributed by atoms with Crippen molar-refractivity contribution in [2.75, 3.05) is 29.9 Å². The van der Waals surface area contributed by atoms with E-state index in [2.05, 4.69) is 39.8 Å². The summed E-state index contributed by atoms with van der Waals surface area (Å²) in [6, 6.07) is 18.1. The summed E-state index contributed by atoms with van der Waals surface area (Å²) in [6.07, 6.45) is 1.11. The highest BCUT2D eigenvalue weighted by Crippen LogP contribution is 2.23. The predicted octanol–water partition coefficient (Wildman–Crippen LogP) is 3.64. The van der Waals surface area contributed by atoms with Gasteiger partial charge in [0.15, 0.2) is 0 Å². The van der Waals surface area contributed by atoms with E-state index in [1.54, 1.807) is 0 Å². The molecule has 1 saturated heterocycles. The van der Waals surface area contributed by atoms with Crippen molar-refractivity contribution in [1.29, 1.82) is 0 Å². The zero-order valence-electron chi connectivity index (χ0n) is 13.5. The van der Waals surface area contributed by atoms with E-state index in [-0.39, 0.29) is 6.03 Å². The monoisotopic (exact) mass is 309 g/mol. The number of amides is 2. The fraction of sp³-hybridized carbons (Fsp3) is 0.316. The summed E-state index contributed by atoms with van der Waals surface area (Å²) >= 11 is 0. The molecule has 2 aromatic rings. The molecule has 120 valence electrons. The molecule has 4 nitrogen and oxygen atoms in total. The van der Waals surface area contributed by atoms with Crippen LogP contribution in [0.15, 0.2) is 54.6 Å². The van der Waals surface area contributed by atoms with Gasteiger partial charge in [0, 0.05) is 31.0 Å². The van der Waals surface area contributed by atoms with Gasteiger partial charge in [-0.25, -0.2) is 4.79 Å². The van der Waals surface area contributed by atoms with E-state index in [0.717, 1.165) is 30.8 Å². The topological polar surface area (TPSA) is 44.4 Å². The van der Waals surface area contributed by atoms with Crippen LogP contribution in [-0.2, 0) is 0 Å². The van der Waals surface area contributed by atoms with Crippen LogP contribution in [0.1, 0.15) is 12.0 Å². The first-order valence-electron chi connectivity index (χ1n) is 8.13. The third-order valence-corrected chi connectivity index (χ3v) is 4.35. The van der Waals surface area contributed by atoms with Crippen molar-refractivity contribution in [2.45, 2.75) is 13.3 Å². The van der Waals surface area contributed by atoms with Gasteiger partial charge in [-0.15, -0.1) is 0 Å². The lowest BCUT2D eigenvalue weighted by molar-refractivity contribution is 0.250. The van der Waals surface area contributed by atoms with E-state index < -0.39 is 0 Å². The fourth-order valence-corrected chi connectivity index (χ4v) is 2.99. The van der Waals surface area contributed by atoms with Crippen molar-refractivity contribution in [3.8, 4) is 0 Å². The largest absolute Gasteiger partial charge is 0.371 e. The van der Waals surface area contributed by atoms with Gasteiger partial charge in [-0.2, -0.15) is 0 Å². The van der Waals surface area contributed by atoms with Crippen LogP contribution in [0.5, 0.6) is 0 Å². The first-order valence-corrected chi connectivity index (χ1v) is 8.13. The van der Waals surface area contributed by atoms with E-state index in [9.17, 15) is 4.79 Å². The maximum absolute atomic E-state index is 12.0. The van der Waals surface area contributed by atoms with Crippen LogP contribution in [-0.4, -0.2) is 25.7 Å². The standard InChI is InChI=1S/C19H23N3O/c1-15-7-5-6-10-18(15)21-19(23)20-13-16-11-12-22(14-16)17-8-3-2-4-9-17/h2-10,16H,11-14H2,1H3,(H2,20,21,23)/t16-/m0/s1. The second-order valence-electron chi connectivity index (χ2n) is 6.09. The normalized spacial score (nSPS) is 17.1. The fourth-order valence-electron chi connectivity index (χ4n) is 2.99. The smallest absolute Gasteiger partial charge is 0.319 e. The predicted molar refractivity (Wildman–Crippen MR) is 95.0 cm³/mol. The molecule has 23 heavy (non-hydrogen) atoms. The van der Waals surface area contributed by atoms with Gasteiger partial charge in [0.1, 0.15) is 0 Å². The Morgan fingerprint density at radius 1 is 1.13 bits per heavy atom. The van der Waals surface area contributed by atoms with Crippen LogP contribution < -0.4 is 15.5 Å². The lowest BCUT2D eigenvalue weighted by atomic mass is 10.1. The number of anilines is 2. The maximum Gasteiger partial charge on any atom is 0.319 e. The van der Waals surface area contributed by atoms with Crippen molar-refractivity contribution in [3.05, 3.63) is 60.2 Å². The average Bonchev–Trinajstić information content (AvgIpc) is 3.05. The maximum atomic E-state index is 12.0. The molecule has 0 spiro atoms. The van der Waals surface area contributed by atoms with Gasteiger partial charge in [0.25, 0.3) is 0 Å². The summed E-state index contributed by atoms with van der Waals surface area (Å²) in [5.74, 6) is 0.498. The SMILES string of the molecule is Cc1ccccc1NC(=O)NC[C@@H]1CCN(c2ccccc2)C1. The zero-order chi connectivity index (χ0) is 16.1. The van der Waals surface area contributed by atoms with Crippen molar-refractivity contribution in [1.82, 2.24) is 5.32 Å². The number of urea groups is 1. The van der Waals surface area contributed by atoms with E-state index >= 15 is 0 Å². The molecular weight excluding hydrogens is 286 g/mol. The number of carbonyl (C=O) groups is 1. The summed E-state index contributed by atoms with van der Waals surface area (Å²) in [5, 5.41) is 5.91. The molecular formula is C19H23N3O. The number of carbonyl (C=O) groups excluding carboxylic acids is 1. The van der Waals surface area contributed by atoms with Crippen molar-refractivity contribution in [3.63, 3.8) is 0 Å². The van der Waals surface area contributed by atoms with Crippen LogP contribution in [0.3, 0.4) is 0 Å². The highest BCUT2D eigenvalue weighted by atomic mass is 16.2. The van der Waals surface area contributed by atoms with Crippen LogP contribution in [0, 0.1) is 12.8 Å². The molecule has 1 atom stereocenters. The van der Waals surface area contributed by atoms with Gasteiger partial charge in [-0.1, -0.05) is 36.4 Å². The minimum Gasteiger partial charge on any atom is -0.371 e. The third kappa shape index (κ3) is 4.03. The molecule has 2 N–H and O–H groups in total. The Kier molecular flexibility index (Phi) is 4.81. The van der Waals surface area contributed by atoms with Gasteiger partial charge >= 0.3 is 6.03 Å². The first-order chi connectivity index (χ1) is 11.2. The minimum atomic E-state index is -0.127. The van der Waals surface area contributed by atoms with Gasteiger partial charge in [0.2, 0.25) is 0 Å². The first kappa shape index (κ1) is 15.4. The Bertz CT molecular complexity index is 657. The quantitative estimate of drug-likeness (QED) is 0.905. The molecule has 0 aliphatic carbocycles. The molecule has 4 heteroatoms. The average molecular weight is 309 g/mol. The van der Waals surface area contributed by atoms with Gasteiger partial charge in [-0.3, -0.25) is 0 Å². The van der Waals surface area contributed by atoms with Crippen molar-refractivity contribution >= 4 is 17.4 Å². The van der Waals surface area contributed by atoms with Gasteiger partial charge in [0.05, 0.1) is 0 Å². The Labute approximate surface area is 137 Å². The van der Waals surface area contributed by atoms with E-state index in [0.29, 0.717) is 12.5 Å². The van der Waals surface area contributed by atoms with E-state index in [1.165, 1.54) is 5.69 Å². The van der Waals surface area contributed by atoms with Crippen molar-refractivity contribution in [2.24, 2.45) is 5.92 Å². The number of hydrogen-bond donors (Lipinski definition) is 2. The molecule has 0 unspecified atom stereocenters. The molecule has 3 rings (SSSR count). The number of para-hydroxylation sites is 2. The second kappa shape index (κ2) is 7.18. The molecule has 1 fully saturated rings. The number of aryl methyl sites for hydroxylation is 1. The van der Waals surface area contributed by atoms with Gasteiger partial charge in [-0.05, 0) is 43.0 Å². The molecule has 1 aliphatic rings. The Morgan fingerprint density at radius 2 is 1.87 bits per heavy atom. The lowest BCUT2D eigenvalue weighted by Crippen LogP contribution is -2.34. The number of hydrogen-bond acceptors (Lipinski definition) is 2. The molecule has 0 saturated carbocycles. The van der Waals surface area contributed by atoms with Crippen LogP contribution >= 0.6 is 0 Å². The van der Waals surface area contributed by atoms with Crippen LogP contribution in [0.4, 0.5) is 16.2 Å². The molecule has 1 aliphatic heterocycles. The summed E-state index contributed by atoms with van der Waals surface area (Å²) in [5.41, 5.74) is 3.19. The highest BCUT2D eigenvalue weighted by Gasteiger charge is 2.22. The van der Waals surface area contributed by atoms with E-state index in [1.807, 2.05) is 37.3 Å². The summed E-state index contributed by atoms with van der Waals surface area (Å²) in [7, 11) is 0. The molecule has 2 amide bonds. The number of nitrogens with one attached hydrogen (secondary N) is 2. The van der Waals surface area contributed by atoms with Crippen LogP contribution in [0.25, 0.3) is 0 Å². The molecule has 0 aromatic heterocycles. The van der Waals surface area contributed by atoms with Gasteiger partial charge < -0.3 is 15.5 Å². The third-order valence-electron chi connectivity index (χ3n) is 4.35. The second-order valence-corrected chi connectivity index (χ2v) is 6.09. The Hall–Kier alpha value is -2.49. The number of rotatable bonds is 4. The van der Waals surface area contributed by atoms with Crippen molar-refractivity contribution < 1.29 is 4.79 Å². The lowest BCUT2D eigenvalue weighted by Gasteiger charge is -2.18. The molecule has 0 radical (unpaired) electrons. The Morgan fingerprint density at radius 3 is 2.65 bits per heavy atom. The summed E-state index contributed by atoms with van der Waals surface area (Å²) in [4.78, 5) is 14.4. The number of nitrogens with zero attached hydrogens (tertiary/aromatic N) is 1. The zero-order valence-corrected chi connectivity index (χ0v) is 13.5. The summed E-state index contributed by atoms with van der Waals surface area (Å²) in [6.45, 7) is 4.75. The minimum absolute atomic E-state index is 0.127. The summed E-state index contributed by atoms with van der Waals surface area (Å²) < 4.78 is 0.